The van der Waals surface area contributed by atoms with Crippen molar-refractivity contribution in [3.05, 3.63) is 89.3 Å². The fraction of sp³-hybridized carbons (Fsp3) is 0.150. The minimum Gasteiger partial charge on any atom is -0.460 e. The number of rotatable bonds is 6. The predicted molar refractivity (Wildman–Crippen MR) is 92.2 cm³/mol. The molecule has 4 nitrogen and oxygen atoms in total. The van der Waals surface area contributed by atoms with Crippen LogP contribution < -0.4 is 0 Å². The van der Waals surface area contributed by atoms with E-state index < -0.39 is 12.0 Å². The van der Waals surface area contributed by atoms with Crippen LogP contribution in [0.3, 0.4) is 0 Å². The molecule has 0 radical (unpaired) electrons. The second kappa shape index (κ2) is 8.44. The maximum absolute atomic E-state index is 12.5. The fourth-order valence-corrected chi connectivity index (χ4v) is 2.25. The normalized spacial score (nSPS) is 12.1. The number of carbonyl (C=O) groups is 2. The number of ether oxygens (including phenoxy) is 1. The van der Waals surface area contributed by atoms with Crippen LogP contribution in [0.2, 0.25) is 0 Å². The van der Waals surface area contributed by atoms with E-state index in [1.165, 1.54) is 6.08 Å². The fourth-order valence-electron chi connectivity index (χ4n) is 2.25. The molecule has 1 atom stereocenters. The molecule has 0 heterocycles. The summed E-state index contributed by atoms with van der Waals surface area (Å²) in [4.78, 5) is 28.0. The summed E-state index contributed by atoms with van der Waals surface area (Å²) in [6.07, 6.45) is 1.35. The summed E-state index contributed by atoms with van der Waals surface area (Å²) in [5.74, 6) is -0.907. The SMILES string of the molecule is [C-]#[N+]C(C(=O)OCC)C(=CC(=O)c1ccccc1)c1ccccc1. The molecule has 24 heavy (non-hydrogen) atoms. The third kappa shape index (κ3) is 4.17. The lowest BCUT2D eigenvalue weighted by molar-refractivity contribution is -0.142. The number of allylic oxidation sites excluding steroid dienone is 1. The summed E-state index contributed by atoms with van der Waals surface area (Å²) in [5, 5.41) is 0. The first-order valence-electron chi connectivity index (χ1n) is 7.57. The van der Waals surface area contributed by atoms with Gasteiger partial charge in [0, 0.05) is 5.56 Å². The van der Waals surface area contributed by atoms with Crippen molar-refractivity contribution in [3.63, 3.8) is 0 Å². The zero-order chi connectivity index (χ0) is 17.4. The van der Waals surface area contributed by atoms with Crippen molar-refractivity contribution in [2.45, 2.75) is 13.0 Å². The Bertz CT molecular complexity index is 774. The molecule has 2 aromatic rings. The number of nitrogens with zero attached hydrogens (tertiary/aromatic N) is 1. The summed E-state index contributed by atoms with van der Waals surface area (Å²) < 4.78 is 4.98. The Hall–Kier alpha value is -3.19. The van der Waals surface area contributed by atoms with Gasteiger partial charge in [0.1, 0.15) is 0 Å². The van der Waals surface area contributed by atoms with E-state index in [0.29, 0.717) is 16.7 Å². The van der Waals surface area contributed by atoms with Gasteiger partial charge in [-0.15, -0.1) is 0 Å². The Morgan fingerprint density at radius 3 is 2.08 bits per heavy atom. The van der Waals surface area contributed by atoms with E-state index in [1.54, 1.807) is 55.5 Å². The quantitative estimate of drug-likeness (QED) is 0.352. The third-order valence-corrected chi connectivity index (χ3v) is 3.39. The molecule has 0 spiro atoms. The van der Waals surface area contributed by atoms with Gasteiger partial charge in [-0.1, -0.05) is 60.7 Å². The molecule has 0 bridgehead atoms. The highest BCUT2D eigenvalue weighted by atomic mass is 16.5. The third-order valence-electron chi connectivity index (χ3n) is 3.39. The Balaban J connectivity index is 2.47. The van der Waals surface area contributed by atoms with Crippen molar-refractivity contribution >= 4 is 17.3 Å². The zero-order valence-corrected chi connectivity index (χ0v) is 13.3. The van der Waals surface area contributed by atoms with E-state index in [-0.39, 0.29) is 12.4 Å². The Morgan fingerprint density at radius 1 is 1.04 bits per heavy atom. The summed E-state index contributed by atoms with van der Waals surface area (Å²) in [6.45, 7) is 9.23. The van der Waals surface area contributed by atoms with Gasteiger partial charge in [0.05, 0.1) is 12.2 Å². The van der Waals surface area contributed by atoms with E-state index in [4.69, 9.17) is 11.3 Å². The molecule has 2 rings (SSSR count). The highest BCUT2D eigenvalue weighted by molar-refractivity contribution is 6.11. The van der Waals surface area contributed by atoms with Gasteiger partial charge in [0.25, 0.3) is 0 Å². The lowest BCUT2D eigenvalue weighted by atomic mass is 9.96. The van der Waals surface area contributed by atoms with Gasteiger partial charge in [-0.25, -0.2) is 11.4 Å². The first-order chi connectivity index (χ1) is 11.7. The van der Waals surface area contributed by atoms with Crippen LogP contribution in [0.15, 0.2) is 66.7 Å². The van der Waals surface area contributed by atoms with Gasteiger partial charge in [0.2, 0.25) is 0 Å². The molecular weight excluding hydrogens is 302 g/mol. The van der Waals surface area contributed by atoms with Gasteiger partial charge in [-0.05, 0) is 18.6 Å². The highest BCUT2D eigenvalue weighted by Gasteiger charge is 2.31. The first-order valence-corrected chi connectivity index (χ1v) is 7.57. The van der Waals surface area contributed by atoms with Crippen molar-refractivity contribution in [3.8, 4) is 0 Å². The molecule has 4 heteroatoms. The number of esters is 1. The average molecular weight is 319 g/mol. The standard InChI is InChI=1S/C20H17NO3/c1-3-24-20(23)19(21-2)17(15-10-6-4-7-11-15)14-18(22)16-12-8-5-9-13-16/h4-14,19H,3H2,1H3. The lowest BCUT2D eigenvalue weighted by Crippen LogP contribution is -2.22. The van der Waals surface area contributed by atoms with E-state index in [9.17, 15) is 9.59 Å². The van der Waals surface area contributed by atoms with Crippen molar-refractivity contribution in [2.24, 2.45) is 0 Å². The maximum Gasteiger partial charge on any atom is 0.395 e. The second-order valence-electron chi connectivity index (χ2n) is 4.98. The van der Waals surface area contributed by atoms with Crippen LogP contribution in [-0.2, 0) is 9.53 Å². The minimum atomic E-state index is -1.17. The van der Waals surface area contributed by atoms with Gasteiger partial charge in [-0.2, -0.15) is 0 Å². The smallest absolute Gasteiger partial charge is 0.395 e. The predicted octanol–water partition coefficient (Wildman–Crippen LogP) is 3.80. The van der Waals surface area contributed by atoms with E-state index in [1.807, 2.05) is 12.1 Å². The van der Waals surface area contributed by atoms with E-state index in [0.717, 1.165) is 0 Å². The molecule has 0 N–H and O–H groups in total. The molecule has 0 aliphatic carbocycles. The molecule has 0 aromatic heterocycles. The number of carbonyl (C=O) groups excluding carboxylic acids is 2. The van der Waals surface area contributed by atoms with Crippen LogP contribution in [-0.4, -0.2) is 24.4 Å². The van der Waals surface area contributed by atoms with Crippen molar-refractivity contribution in [2.75, 3.05) is 6.61 Å². The lowest BCUT2D eigenvalue weighted by Gasteiger charge is -2.10. The molecule has 0 aliphatic heterocycles. The van der Waals surface area contributed by atoms with Gasteiger partial charge in [0.15, 0.2) is 5.78 Å². The molecule has 0 fully saturated rings. The maximum atomic E-state index is 12.5. The van der Waals surface area contributed by atoms with Crippen LogP contribution in [0.1, 0.15) is 22.8 Å². The average Bonchev–Trinajstić information content (AvgIpc) is 2.63. The number of hydrogen-bond acceptors (Lipinski definition) is 3. The van der Waals surface area contributed by atoms with Gasteiger partial charge in [-0.3, -0.25) is 9.64 Å². The van der Waals surface area contributed by atoms with Crippen LogP contribution in [0, 0.1) is 6.57 Å². The molecule has 2 aromatic carbocycles. The largest absolute Gasteiger partial charge is 0.460 e. The molecule has 120 valence electrons. The first kappa shape index (κ1) is 17.2. The Labute approximate surface area is 141 Å². The Kier molecular flexibility index (Phi) is 6.04. The summed E-state index contributed by atoms with van der Waals surface area (Å²) >= 11 is 0. The van der Waals surface area contributed by atoms with Crippen LogP contribution in [0.25, 0.3) is 10.4 Å². The molecule has 0 saturated carbocycles. The second-order valence-corrected chi connectivity index (χ2v) is 4.98. The highest BCUT2D eigenvalue weighted by Crippen LogP contribution is 2.23. The van der Waals surface area contributed by atoms with Crippen molar-refractivity contribution in [1.82, 2.24) is 0 Å². The molecule has 1 unspecified atom stereocenters. The summed E-state index contributed by atoms with van der Waals surface area (Å²) in [5.41, 5.74) is 1.49. The van der Waals surface area contributed by atoms with Crippen LogP contribution in [0.5, 0.6) is 0 Å². The van der Waals surface area contributed by atoms with Crippen molar-refractivity contribution in [1.29, 1.82) is 0 Å². The topological polar surface area (TPSA) is 47.7 Å². The summed E-state index contributed by atoms with van der Waals surface area (Å²) in [6, 6.07) is 16.5. The minimum absolute atomic E-state index is 0.180. The monoisotopic (exact) mass is 319 g/mol. The number of hydrogen-bond donors (Lipinski definition) is 0. The molecule has 0 amide bonds. The van der Waals surface area contributed by atoms with E-state index >= 15 is 0 Å². The number of benzene rings is 2. The molecular formula is C20H17NO3. The Morgan fingerprint density at radius 2 is 1.58 bits per heavy atom. The van der Waals surface area contributed by atoms with Crippen molar-refractivity contribution < 1.29 is 14.3 Å². The van der Waals surface area contributed by atoms with Crippen LogP contribution >= 0.6 is 0 Å². The van der Waals surface area contributed by atoms with Gasteiger partial charge < -0.3 is 4.74 Å². The molecule has 0 saturated heterocycles. The zero-order valence-electron chi connectivity index (χ0n) is 13.3. The van der Waals surface area contributed by atoms with Gasteiger partial charge >= 0.3 is 12.0 Å². The summed E-state index contributed by atoms with van der Waals surface area (Å²) in [7, 11) is 0. The van der Waals surface area contributed by atoms with E-state index in [2.05, 4.69) is 4.85 Å². The van der Waals surface area contributed by atoms with Crippen LogP contribution in [0.4, 0.5) is 0 Å². The molecule has 0 aliphatic rings. The number of ketones is 1.